The number of benzene rings is 4. The standard InChI is InChI=1S/C40H26Cl8N8O8/c1-57-25-13-15(27(59-3)31(63-7)29(25)61-5)39-54-37(13)52-35-11-9(17(41)21(45)23(47)19(11)43)33(50-35)49-34-10-12(20(44)24(48)22(46)18(10)42)36(51-34)53-38-14-16(40(55-38)56-39)28(60-4)32(64-8)30(62-6)26(14)58-2/h1-8H3,(H2,49,50,51,52,53,54,55,56). The molecular formula is C40H26Cl8N8O8. The van der Waals surface area contributed by atoms with Crippen molar-refractivity contribution in [3.05, 3.63) is 40.2 Å². The van der Waals surface area contributed by atoms with Crippen LogP contribution >= 0.6 is 92.8 Å². The molecule has 0 amide bonds. The third-order valence-corrected chi connectivity index (χ3v) is 14.0. The van der Waals surface area contributed by atoms with Crippen LogP contribution in [0.2, 0.25) is 40.2 Å². The van der Waals surface area contributed by atoms with E-state index in [1.54, 1.807) is 0 Å². The van der Waals surface area contributed by atoms with Crippen LogP contribution in [0.4, 0.5) is 0 Å². The number of hydrogen-bond acceptors (Lipinski definition) is 14. The minimum Gasteiger partial charge on any atom is -0.492 e. The molecule has 2 aliphatic rings. The van der Waals surface area contributed by atoms with Crippen LogP contribution in [-0.2, 0) is 0 Å². The van der Waals surface area contributed by atoms with E-state index >= 15 is 0 Å². The quantitative estimate of drug-likeness (QED) is 0.108. The number of aromatic amines is 2. The molecule has 8 bridgehead atoms. The summed E-state index contributed by atoms with van der Waals surface area (Å²) in [6, 6.07) is 0. The lowest BCUT2D eigenvalue weighted by Crippen LogP contribution is -2.01. The third kappa shape index (κ3) is 6.10. The molecule has 2 aliphatic heterocycles. The van der Waals surface area contributed by atoms with Gasteiger partial charge in [0.05, 0.1) is 141 Å². The zero-order chi connectivity index (χ0) is 45.8. The van der Waals surface area contributed by atoms with E-state index in [1.807, 2.05) is 0 Å². The Morgan fingerprint density at radius 2 is 0.516 bits per heavy atom. The Hall–Kier alpha value is -5.04. The number of hydrogen-bond donors (Lipinski definition) is 2. The van der Waals surface area contributed by atoms with Gasteiger partial charge in [-0.2, -0.15) is 0 Å². The molecule has 5 heterocycles. The summed E-state index contributed by atoms with van der Waals surface area (Å²) in [7, 11) is 11.5. The SMILES string of the molecule is COc1c(OC)c(OC)c2c(c1OC)-c1nc-2nc2[nH]c(nc3nc(nc4[nH]c(n1)c1c(Cl)c(Cl)c(Cl)c(Cl)c41)-c1c(Cl)c(Cl)c(Cl)c(Cl)c1-3)c1c(OC)c(OC)c(OC)c(OC)c21. The highest BCUT2D eigenvalue weighted by atomic mass is 35.5. The largest absolute Gasteiger partial charge is 0.492 e. The highest BCUT2D eigenvalue weighted by Gasteiger charge is 2.37. The minimum atomic E-state index is -0.0686. The summed E-state index contributed by atoms with van der Waals surface area (Å²) in [4.78, 5) is 36.5. The highest BCUT2D eigenvalue weighted by Crippen LogP contribution is 2.59. The van der Waals surface area contributed by atoms with E-state index in [-0.39, 0.29) is 165 Å². The molecule has 0 saturated heterocycles. The first-order valence-electron chi connectivity index (χ1n) is 18.1. The summed E-state index contributed by atoms with van der Waals surface area (Å²) < 4.78 is 47.4. The number of nitrogens with zero attached hydrogens (tertiary/aromatic N) is 6. The Bertz CT molecular complexity index is 3400. The Labute approximate surface area is 400 Å². The normalized spacial score (nSPS) is 11.8. The van der Waals surface area contributed by atoms with Crippen LogP contribution < -0.4 is 37.9 Å². The Kier molecular flexibility index (Phi) is 11.3. The molecule has 0 radical (unpaired) electrons. The molecule has 64 heavy (non-hydrogen) atoms. The molecule has 0 aliphatic carbocycles. The van der Waals surface area contributed by atoms with Crippen LogP contribution in [0.15, 0.2) is 0 Å². The molecule has 4 aromatic carbocycles. The van der Waals surface area contributed by atoms with Gasteiger partial charge >= 0.3 is 0 Å². The maximum Gasteiger partial charge on any atom is 0.208 e. The number of H-pyrrole nitrogens is 2. The summed E-state index contributed by atoms with van der Waals surface area (Å²) in [5.74, 6) is 1.31. The fourth-order valence-electron chi connectivity index (χ4n) is 7.83. The fraction of sp³-hybridized carbons (Fsp3) is 0.200. The number of methoxy groups -OCH3 is 8. The van der Waals surface area contributed by atoms with Crippen LogP contribution in [-0.4, -0.2) is 96.8 Å². The van der Waals surface area contributed by atoms with Gasteiger partial charge in [-0.15, -0.1) is 0 Å². The van der Waals surface area contributed by atoms with Crippen molar-refractivity contribution in [1.82, 2.24) is 39.9 Å². The van der Waals surface area contributed by atoms with Crippen LogP contribution in [0.1, 0.15) is 0 Å². The average Bonchev–Trinajstić information content (AvgIpc) is 4.05. The summed E-state index contributed by atoms with van der Waals surface area (Å²) in [6.07, 6.45) is 0. The van der Waals surface area contributed by atoms with E-state index in [2.05, 4.69) is 9.97 Å². The number of halogens is 8. The Balaban J connectivity index is 1.64. The van der Waals surface area contributed by atoms with Gasteiger partial charge < -0.3 is 47.9 Å². The smallest absolute Gasteiger partial charge is 0.208 e. The molecule has 9 rings (SSSR count). The second-order valence-corrected chi connectivity index (χ2v) is 16.4. The van der Waals surface area contributed by atoms with Gasteiger partial charge in [0, 0.05) is 0 Å². The van der Waals surface area contributed by atoms with E-state index in [4.69, 9.17) is 161 Å². The lowest BCUT2D eigenvalue weighted by atomic mass is 10.0. The van der Waals surface area contributed by atoms with Crippen molar-refractivity contribution in [2.75, 3.05) is 56.9 Å². The van der Waals surface area contributed by atoms with Crippen molar-refractivity contribution >= 4 is 137 Å². The Morgan fingerprint density at radius 1 is 0.266 bits per heavy atom. The molecule has 16 nitrogen and oxygen atoms in total. The van der Waals surface area contributed by atoms with Gasteiger partial charge in [0.2, 0.25) is 23.0 Å². The second-order valence-electron chi connectivity index (χ2n) is 13.4. The first-order chi connectivity index (χ1) is 30.7. The van der Waals surface area contributed by atoms with Crippen LogP contribution in [0.25, 0.3) is 89.7 Å². The maximum atomic E-state index is 6.99. The molecular weight excluding hydrogens is 1000 g/mol. The van der Waals surface area contributed by atoms with Gasteiger partial charge in [-0.25, -0.2) is 29.9 Å². The fourth-order valence-corrected chi connectivity index (χ4v) is 9.88. The number of rotatable bonds is 8. The van der Waals surface area contributed by atoms with Gasteiger partial charge in [-0.3, -0.25) is 0 Å². The van der Waals surface area contributed by atoms with E-state index in [1.165, 1.54) is 56.9 Å². The lowest BCUT2D eigenvalue weighted by Gasteiger charge is -2.19. The van der Waals surface area contributed by atoms with Crippen molar-refractivity contribution in [2.24, 2.45) is 0 Å². The summed E-state index contributed by atoms with van der Waals surface area (Å²) in [5, 5.41) is 0.633. The van der Waals surface area contributed by atoms with Crippen molar-refractivity contribution in [1.29, 1.82) is 0 Å². The summed E-state index contributed by atoms with van der Waals surface area (Å²) >= 11 is 54.6. The summed E-state index contributed by atoms with van der Waals surface area (Å²) in [6.45, 7) is 0. The van der Waals surface area contributed by atoms with E-state index < -0.39 is 0 Å². The van der Waals surface area contributed by atoms with Gasteiger partial charge in [0.1, 0.15) is 22.6 Å². The van der Waals surface area contributed by atoms with Crippen LogP contribution in [0.3, 0.4) is 0 Å². The van der Waals surface area contributed by atoms with Crippen LogP contribution in [0.5, 0.6) is 46.0 Å². The molecule has 24 heteroatoms. The summed E-state index contributed by atoms with van der Waals surface area (Å²) in [5.41, 5.74) is 1.24. The molecule has 0 fully saturated rings. The number of aromatic nitrogens is 8. The minimum absolute atomic E-state index is 0.0184. The van der Waals surface area contributed by atoms with E-state index in [9.17, 15) is 0 Å². The predicted octanol–water partition coefficient (Wildman–Crippen LogP) is 12.2. The zero-order valence-corrected chi connectivity index (χ0v) is 40.0. The number of nitrogens with one attached hydrogen (secondary N) is 2. The van der Waals surface area contributed by atoms with Crippen molar-refractivity contribution in [3.8, 4) is 91.5 Å². The zero-order valence-electron chi connectivity index (χ0n) is 34.0. The monoisotopic (exact) mass is 1030 g/mol. The third-order valence-electron chi connectivity index (χ3n) is 10.4. The van der Waals surface area contributed by atoms with Crippen molar-refractivity contribution in [3.63, 3.8) is 0 Å². The lowest BCUT2D eigenvalue weighted by molar-refractivity contribution is 0.307. The predicted molar refractivity (Wildman–Crippen MR) is 249 cm³/mol. The van der Waals surface area contributed by atoms with E-state index in [0.717, 1.165) is 0 Å². The number of ether oxygens (including phenoxy) is 8. The molecule has 0 unspecified atom stereocenters. The van der Waals surface area contributed by atoms with Crippen molar-refractivity contribution in [2.45, 2.75) is 0 Å². The molecule has 7 aromatic rings. The molecule has 0 spiro atoms. The first kappa shape index (κ1) is 44.2. The van der Waals surface area contributed by atoms with Gasteiger partial charge in [-0.1, -0.05) is 92.8 Å². The van der Waals surface area contributed by atoms with Gasteiger partial charge in [0.25, 0.3) is 0 Å². The Morgan fingerprint density at radius 3 is 0.812 bits per heavy atom. The second kappa shape index (κ2) is 16.4. The number of fused-ring (bicyclic) bond motifs is 20. The molecule has 2 N–H and O–H groups in total. The average molecular weight is 1030 g/mol. The molecule has 0 saturated carbocycles. The van der Waals surface area contributed by atoms with Crippen molar-refractivity contribution < 1.29 is 37.9 Å². The highest BCUT2D eigenvalue weighted by molar-refractivity contribution is 6.57. The molecule has 3 aromatic heterocycles. The van der Waals surface area contributed by atoms with Gasteiger partial charge in [0.15, 0.2) is 46.3 Å². The topological polar surface area (TPSA) is 183 Å². The van der Waals surface area contributed by atoms with E-state index in [0.29, 0.717) is 10.8 Å². The first-order valence-corrected chi connectivity index (χ1v) is 21.1. The molecule has 0 atom stereocenters. The molecule has 330 valence electrons. The maximum absolute atomic E-state index is 6.99. The van der Waals surface area contributed by atoms with Crippen LogP contribution in [0, 0.1) is 0 Å². The van der Waals surface area contributed by atoms with Gasteiger partial charge in [-0.05, 0) is 0 Å².